The first-order chi connectivity index (χ1) is 6.92. The van der Waals surface area contributed by atoms with E-state index in [2.05, 4.69) is 15.5 Å². The van der Waals surface area contributed by atoms with Crippen molar-refractivity contribution in [2.24, 2.45) is 5.73 Å². The maximum absolute atomic E-state index is 5.41. The molecule has 0 aliphatic carbocycles. The number of anilines is 1. The summed E-state index contributed by atoms with van der Waals surface area (Å²) >= 11 is 0. The first kappa shape index (κ1) is 8.90. The van der Waals surface area contributed by atoms with Crippen molar-refractivity contribution in [1.82, 2.24) is 10.2 Å². The SMILES string of the molecule is NCCNc1nncc2ccccc12. The van der Waals surface area contributed by atoms with Crippen LogP contribution in [-0.4, -0.2) is 23.3 Å². The highest BCUT2D eigenvalue weighted by Gasteiger charge is 2.00. The first-order valence-electron chi connectivity index (χ1n) is 4.56. The van der Waals surface area contributed by atoms with E-state index in [1.165, 1.54) is 0 Å². The summed E-state index contributed by atoms with van der Waals surface area (Å²) in [5.41, 5.74) is 5.41. The van der Waals surface area contributed by atoms with E-state index in [-0.39, 0.29) is 0 Å². The number of fused-ring (bicyclic) bond motifs is 1. The minimum atomic E-state index is 0.588. The molecule has 2 aromatic rings. The number of nitrogens with two attached hydrogens (primary N) is 1. The Kier molecular flexibility index (Phi) is 2.55. The number of rotatable bonds is 3. The molecule has 0 aliphatic rings. The summed E-state index contributed by atoms with van der Waals surface area (Å²) in [6.45, 7) is 1.30. The second-order valence-electron chi connectivity index (χ2n) is 3.00. The summed E-state index contributed by atoms with van der Waals surface area (Å²) in [7, 11) is 0. The topological polar surface area (TPSA) is 63.8 Å². The van der Waals surface area contributed by atoms with Gasteiger partial charge in [0.2, 0.25) is 0 Å². The number of aromatic nitrogens is 2. The van der Waals surface area contributed by atoms with Gasteiger partial charge in [-0.3, -0.25) is 0 Å². The van der Waals surface area contributed by atoms with Crippen molar-refractivity contribution in [1.29, 1.82) is 0 Å². The van der Waals surface area contributed by atoms with Crippen molar-refractivity contribution in [3.63, 3.8) is 0 Å². The summed E-state index contributed by atoms with van der Waals surface area (Å²) in [6, 6.07) is 7.99. The lowest BCUT2D eigenvalue weighted by Gasteiger charge is -2.05. The highest BCUT2D eigenvalue weighted by Crippen LogP contribution is 2.18. The fourth-order valence-electron chi connectivity index (χ4n) is 1.35. The van der Waals surface area contributed by atoms with E-state index in [4.69, 9.17) is 5.73 Å². The molecule has 0 atom stereocenters. The van der Waals surface area contributed by atoms with Crippen molar-refractivity contribution >= 4 is 16.6 Å². The van der Waals surface area contributed by atoms with Crippen LogP contribution in [0.15, 0.2) is 30.5 Å². The predicted molar refractivity (Wildman–Crippen MR) is 57.1 cm³/mol. The molecule has 0 saturated heterocycles. The van der Waals surface area contributed by atoms with Crippen LogP contribution in [0.5, 0.6) is 0 Å². The molecule has 0 fully saturated rings. The molecular weight excluding hydrogens is 176 g/mol. The minimum Gasteiger partial charge on any atom is -0.367 e. The van der Waals surface area contributed by atoms with Gasteiger partial charge in [-0.1, -0.05) is 24.3 Å². The van der Waals surface area contributed by atoms with E-state index >= 15 is 0 Å². The summed E-state index contributed by atoms with van der Waals surface area (Å²) < 4.78 is 0. The van der Waals surface area contributed by atoms with Crippen LogP contribution >= 0.6 is 0 Å². The van der Waals surface area contributed by atoms with Gasteiger partial charge in [0.05, 0.1) is 6.20 Å². The Morgan fingerprint density at radius 3 is 3.00 bits per heavy atom. The smallest absolute Gasteiger partial charge is 0.156 e. The molecule has 1 aromatic carbocycles. The zero-order valence-electron chi connectivity index (χ0n) is 7.77. The Balaban J connectivity index is 2.43. The average molecular weight is 188 g/mol. The molecule has 0 unspecified atom stereocenters. The van der Waals surface area contributed by atoms with Crippen LogP contribution in [0, 0.1) is 0 Å². The minimum absolute atomic E-state index is 0.588. The van der Waals surface area contributed by atoms with Crippen molar-refractivity contribution in [2.45, 2.75) is 0 Å². The third-order valence-corrected chi connectivity index (χ3v) is 2.01. The van der Waals surface area contributed by atoms with Gasteiger partial charge >= 0.3 is 0 Å². The lowest BCUT2D eigenvalue weighted by Crippen LogP contribution is -2.14. The van der Waals surface area contributed by atoms with E-state index < -0.39 is 0 Å². The van der Waals surface area contributed by atoms with E-state index in [1.807, 2.05) is 24.3 Å². The quantitative estimate of drug-likeness (QED) is 0.754. The zero-order valence-corrected chi connectivity index (χ0v) is 7.77. The molecule has 4 heteroatoms. The van der Waals surface area contributed by atoms with Crippen molar-refractivity contribution in [2.75, 3.05) is 18.4 Å². The molecule has 4 nitrogen and oxygen atoms in total. The van der Waals surface area contributed by atoms with Crippen LogP contribution in [-0.2, 0) is 0 Å². The Morgan fingerprint density at radius 2 is 2.14 bits per heavy atom. The van der Waals surface area contributed by atoms with Crippen molar-refractivity contribution < 1.29 is 0 Å². The molecule has 72 valence electrons. The number of nitrogens with zero attached hydrogens (tertiary/aromatic N) is 2. The summed E-state index contributed by atoms with van der Waals surface area (Å²) in [4.78, 5) is 0. The van der Waals surface area contributed by atoms with Gasteiger partial charge in [-0.05, 0) is 0 Å². The maximum atomic E-state index is 5.41. The third-order valence-electron chi connectivity index (χ3n) is 2.01. The van der Waals surface area contributed by atoms with Crippen LogP contribution in [0.2, 0.25) is 0 Å². The fraction of sp³-hybridized carbons (Fsp3) is 0.200. The molecule has 0 bridgehead atoms. The lowest BCUT2D eigenvalue weighted by atomic mass is 10.2. The fourth-order valence-corrected chi connectivity index (χ4v) is 1.35. The maximum Gasteiger partial charge on any atom is 0.156 e. The highest BCUT2D eigenvalue weighted by molar-refractivity contribution is 5.90. The van der Waals surface area contributed by atoms with Gasteiger partial charge in [-0.2, -0.15) is 5.10 Å². The van der Waals surface area contributed by atoms with Gasteiger partial charge < -0.3 is 11.1 Å². The van der Waals surface area contributed by atoms with Crippen LogP contribution in [0.25, 0.3) is 10.8 Å². The Hall–Kier alpha value is -1.68. The van der Waals surface area contributed by atoms with Crippen LogP contribution in [0.1, 0.15) is 0 Å². The third kappa shape index (κ3) is 1.65. The summed E-state index contributed by atoms with van der Waals surface area (Å²) in [5, 5.41) is 13.2. The average Bonchev–Trinajstić information content (AvgIpc) is 2.26. The molecule has 0 aliphatic heterocycles. The standard InChI is InChI=1S/C10H12N4/c11-5-6-12-10-9-4-2-1-3-8(9)7-13-14-10/h1-4,7H,5-6,11H2,(H,12,14). The van der Waals surface area contributed by atoms with Crippen molar-refractivity contribution in [3.8, 4) is 0 Å². The van der Waals surface area contributed by atoms with E-state index in [1.54, 1.807) is 6.20 Å². The van der Waals surface area contributed by atoms with Gasteiger partial charge in [-0.25, -0.2) is 0 Å². The van der Waals surface area contributed by atoms with E-state index in [0.29, 0.717) is 13.1 Å². The predicted octanol–water partition coefficient (Wildman–Crippen LogP) is 1.00. The van der Waals surface area contributed by atoms with E-state index in [0.717, 1.165) is 16.6 Å². The van der Waals surface area contributed by atoms with Crippen molar-refractivity contribution in [3.05, 3.63) is 30.5 Å². The molecule has 0 radical (unpaired) electrons. The van der Waals surface area contributed by atoms with Crippen LogP contribution in [0.4, 0.5) is 5.82 Å². The molecule has 0 saturated carbocycles. The Bertz CT molecular complexity index is 422. The number of nitrogens with one attached hydrogen (secondary N) is 1. The second-order valence-corrected chi connectivity index (χ2v) is 3.00. The summed E-state index contributed by atoms with van der Waals surface area (Å²) in [5.74, 6) is 0.800. The zero-order chi connectivity index (χ0) is 9.80. The molecular formula is C10H12N4. The second kappa shape index (κ2) is 4.02. The first-order valence-corrected chi connectivity index (χ1v) is 4.56. The molecule has 3 N–H and O–H groups in total. The highest BCUT2D eigenvalue weighted by atomic mass is 15.2. The Labute approximate surface area is 82.1 Å². The molecule has 0 spiro atoms. The lowest BCUT2D eigenvalue weighted by molar-refractivity contribution is 0.981. The molecule has 1 heterocycles. The molecule has 14 heavy (non-hydrogen) atoms. The largest absolute Gasteiger partial charge is 0.367 e. The number of hydrogen-bond donors (Lipinski definition) is 2. The molecule has 0 amide bonds. The van der Waals surface area contributed by atoms with Gasteiger partial charge in [-0.15, -0.1) is 5.10 Å². The summed E-state index contributed by atoms with van der Waals surface area (Å²) in [6.07, 6.45) is 1.75. The number of benzene rings is 1. The molecule has 1 aromatic heterocycles. The monoisotopic (exact) mass is 188 g/mol. The van der Waals surface area contributed by atoms with Gasteiger partial charge in [0.25, 0.3) is 0 Å². The van der Waals surface area contributed by atoms with Gasteiger partial charge in [0.15, 0.2) is 5.82 Å². The van der Waals surface area contributed by atoms with Crippen LogP contribution < -0.4 is 11.1 Å². The number of hydrogen-bond acceptors (Lipinski definition) is 4. The van der Waals surface area contributed by atoms with Crippen LogP contribution in [0.3, 0.4) is 0 Å². The Morgan fingerprint density at radius 1 is 1.29 bits per heavy atom. The van der Waals surface area contributed by atoms with E-state index in [9.17, 15) is 0 Å². The normalized spacial score (nSPS) is 10.4. The van der Waals surface area contributed by atoms with Gasteiger partial charge in [0.1, 0.15) is 0 Å². The van der Waals surface area contributed by atoms with Gasteiger partial charge in [0, 0.05) is 23.9 Å². The molecule has 2 rings (SSSR count).